The summed E-state index contributed by atoms with van der Waals surface area (Å²) in [7, 11) is 1.73. The molecule has 0 aromatic heterocycles. The molecule has 0 aliphatic carbocycles. The predicted molar refractivity (Wildman–Crippen MR) is 83.0 cm³/mol. The van der Waals surface area contributed by atoms with E-state index in [4.69, 9.17) is 10.5 Å². The van der Waals surface area contributed by atoms with Crippen molar-refractivity contribution in [3.63, 3.8) is 0 Å². The number of hydrogen-bond acceptors (Lipinski definition) is 2. The van der Waals surface area contributed by atoms with Gasteiger partial charge in [0.2, 0.25) is 0 Å². The van der Waals surface area contributed by atoms with E-state index in [1.54, 1.807) is 7.11 Å². The normalized spacial score (nSPS) is 15.1. The summed E-state index contributed by atoms with van der Waals surface area (Å²) in [6.45, 7) is 11.8. The first-order valence-corrected chi connectivity index (χ1v) is 7.17. The first kappa shape index (κ1) is 16.0. The second-order valence-electron chi connectivity index (χ2n) is 6.68. The molecule has 19 heavy (non-hydrogen) atoms. The lowest BCUT2D eigenvalue weighted by molar-refractivity contribution is 0.373. The summed E-state index contributed by atoms with van der Waals surface area (Å²) in [6.07, 6.45) is 2.20. The highest BCUT2D eigenvalue weighted by Crippen LogP contribution is 2.37. The van der Waals surface area contributed by atoms with Crippen molar-refractivity contribution in [2.75, 3.05) is 13.7 Å². The Bertz CT molecular complexity index is 420. The SMILES string of the molecule is CCCC(C)(CN)c1cc(C(C)(C)C)ccc1OC. The van der Waals surface area contributed by atoms with E-state index in [1.165, 1.54) is 11.1 Å². The fourth-order valence-corrected chi connectivity index (χ4v) is 2.54. The van der Waals surface area contributed by atoms with E-state index in [-0.39, 0.29) is 10.8 Å². The minimum atomic E-state index is -0.0125. The fourth-order valence-electron chi connectivity index (χ4n) is 2.54. The van der Waals surface area contributed by atoms with Gasteiger partial charge in [-0.2, -0.15) is 0 Å². The molecule has 2 N–H and O–H groups in total. The molecular formula is C17H29NO. The lowest BCUT2D eigenvalue weighted by atomic mass is 9.75. The molecular weight excluding hydrogens is 234 g/mol. The third-order valence-corrected chi connectivity index (χ3v) is 3.97. The van der Waals surface area contributed by atoms with Gasteiger partial charge in [-0.25, -0.2) is 0 Å². The van der Waals surface area contributed by atoms with E-state index in [1.807, 2.05) is 0 Å². The molecule has 1 rings (SSSR count). The van der Waals surface area contributed by atoms with Crippen molar-refractivity contribution in [2.24, 2.45) is 5.73 Å². The second kappa shape index (κ2) is 5.96. The van der Waals surface area contributed by atoms with E-state index in [2.05, 4.69) is 52.8 Å². The fraction of sp³-hybridized carbons (Fsp3) is 0.647. The standard InChI is InChI=1S/C17H29NO/c1-7-10-17(5,12-18)14-11-13(16(2,3)4)8-9-15(14)19-6/h8-9,11H,7,10,12,18H2,1-6H3. The Balaban J connectivity index is 3.37. The number of ether oxygens (including phenoxy) is 1. The molecule has 2 nitrogen and oxygen atoms in total. The van der Waals surface area contributed by atoms with E-state index in [0.29, 0.717) is 6.54 Å². The van der Waals surface area contributed by atoms with Gasteiger partial charge in [-0.05, 0) is 23.5 Å². The molecule has 0 aliphatic heterocycles. The van der Waals surface area contributed by atoms with Crippen LogP contribution in [-0.4, -0.2) is 13.7 Å². The summed E-state index contributed by atoms with van der Waals surface area (Å²) in [4.78, 5) is 0. The summed E-state index contributed by atoms with van der Waals surface area (Å²) in [5, 5.41) is 0. The van der Waals surface area contributed by atoms with Gasteiger partial charge in [-0.1, -0.05) is 53.2 Å². The van der Waals surface area contributed by atoms with Crippen LogP contribution in [0.2, 0.25) is 0 Å². The van der Waals surface area contributed by atoms with Gasteiger partial charge >= 0.3 is 0 Å². The van der Waals surface area contributed by atoms with Crippen molar-refractivity contribution in [2.45, 2.75) is 58.3 Å². The molecule has 108 valence electrons. The van der Waals surface area contributed by atoms with Crippen molar-refractivity contribution >= 4 is 0 Å². The number of methoxy groups -OCH3 is 1. The van der Waals surface area contributed by atoms with E-state index in [9.17, 15) is 0 Å². The average molecular weight is 263 g/mol. The van der Waals surface area contributed by atoms with Gasteiger partial charge in [0.15, 0.2) is 0 Å². The van der Waals surface area contributed by atoms with Crippen LogP contribution in [0.5, 0.6) is 5.75 Å². The zero-order chi connectivity index (χ0) is 14.7. The van der Waals surface area contributed by atoms with Crippen molar-refractivity contribution in [1.82, 2.24) is 0 Å². The Labute approximate surface area is 118 Å². The van der Waals surface area contributed by atoms with Gasteiger partial charge in [0.1, 0.15) is 5.75 Å². The van der Waals surface area contributed by atoms with Crippen molar-refractivity contribution in [3.05, 3.63) is 29.3 Å². The molecule has 0 saturated carbocycles. The third-order valence-electron chi connectivity index (χ3n) is 3.97. The highest BCUT2D eigenvalue weighted by molar-refractivity contribution is 5.44. The largest absolute Gasteiger partial charge is 0.496 e. The van der Waals surface area contributed by atoms with Crippen LogP contribution in [0.25, 0.3) is 0 Å². The average Bonchev–Trinajstić information content (AvgIpc) is 2.37. The lowest BCUT2D eigenvalue weighted by Crippen LogP contribution is -2.32. The van der Waals surface area contributed by atoms with Crippen LogP contribution in [0.15, 0.2) is 18.2 Å². The van der Waals surface area contributed by atoms with Crippen molar-refractivity contribution in [1.29, 1.82) is 0 Å². The predicted octanol–water partition coefficient (Wildman–Crippen LogP) is 4.01. The molecule has 0 heterocycles. The van der Waals surface area contributed by atoms with Crippen LogP contribution in [0.1, 0.15) is 58.6 Å². The summed E-state index contributed by atoms with van der Waals surface area (Å²) in [5.41, 5.74) is 8.76. The first-order valence-electron chi connectivity index (χ1n) is 7.17. The highest BCUT2D eigenvalue weighted by Gasteiger charge is 2.29. The Morgan fingerprint density at radius 3 is 2.21 bits per heavy atom. The van der Waals surface area contributed by atoms with Gasteiger partial charge in [-0.15, -0.1) is 0 Å². The number of benzene rings is 1. The topological polar surface area (TPSA) is 35.2 Å². The molecule has 1 atom stereocenters. The molecule has 0 fully saturated rings. The van der Waals surface area contributed by atoms with Crippen LogP contribution in [0.3, 0.4) is 0 Å². The highest BCUT2D eigenvalue weighted by atomic mass is 16.5. The van der Waals surface area contributed by atoms with Crippen molar-refractivity contribution in [3.8, 4) is 5.75 Å². The maximum Gasteiger partial charge on any atom is 0.122 e. The van der Waals surface area contributed by atoms with Crippen LogP contribution in [-0.2, 0) is 10.8 Å². The van der Waals surface area contributed by atoms with E-state index >= 15 is 0 Å². The van der Waals surface area contributed by atoms with Gasteiger partial charge in [0, 0.05) is 17.5 Å². The van der Waals surface area contributed by atoms with Gasteiger partial charge < -0.3 is 10.5 Å². The van der Waals surface area contributed by atoms with Gasteiger partial charge in [-0.3, -0.25) is 0 Å². The van der Waals surface area contributed by atoms with Crippen LogP contribution < -0.4 is 10.5 Å². The Hall–Kier alpha value is -1.02. The van der Waals surface area contributed by atoms with Crippen LogP contribution in [0.4, 0.5) is 0 Å². The Morgan fingerprint density at radius 1 is 1.16 bits per heavy atom. The molecule has 2 heteroatoms. The molecule has 0 amide bonds. The molecule has 0 bridgehead atoms. The smallest absolute Gasteiger partial charge is 0.122 e. The minimum absolute atomic E-state index is 0.0125. The van der Waals surface area contributed by atoms with Gasteiger partial charge in [0.25, 0.3) is 0 Å². The van der Waals surface area contributed by atoms with E-state index < -0.39 is 0 Å². The first-order chi connectivity index (χ1) is 8.78. The third kappa shape index (κ3) is 3.50. The van der Waals surface area contributed by atoms with Crippen LogP contribution in [0, 0.1) is 0 Å². The molecule has 0 radical (unpaired) electrons. The maximum absolute atomic E-state index is 6.05. The second-order valence-corrected chi connectivity index (χ2v) is 6.68. The summed E-state index contributed by atoms with van der Waals surface area (Å²) in [5.74, 6) is 0.953. The monoisotopic (exact) mass is 263 g/mol. The molecule has 0 spiro atoms. The number of rotatable bonds is 5. The zero-order valence-electron chi connectivity index (χ0n) is 13.3. The lowest BCUT2D eigenvalue weighted by Gasteiger charge is -2.32. The Morgan fingerprint density at radius 2 is 1.79 bits per heavy atom. The quantitative estimate of drug-likeness (QED) is 0.871. The number of hydrogen-bond donors (Lipinski definition) is 1. The zero-order valence-corrected chi connectivity index (χ0v) is 13.3. The maximum atomic E-state index is 6.05. The molecule has 0 saturated heterocycles. The summed E-state index contributed by atoms with van der Waals surface area (Å²) < 4.78 is 5.55. The van der Waals surface area contributed by atoms with Crippen molar-refractivity contribution < 1.29 is 4.74 Å². The minimum Gasteiger partial charge on any atom is -0.496 e. The van der Waals surface area contributed by atoms with Gasteiger partial charge in [0.05, 0.1) is 7.11 Å². The van der Waals surface area contributed by atoms with E-state index in [0.717, 1.165) is 18.6 Å². The number of nitrogens with two attached hydrogens (primary N) is 1. The van der Waals surface area contributed by atoms with Crippen LogP contribution >= 0.6 is 0 Å². The molecule has 1 aromatic carbocycles. The Kier molecular flexibility index (Phi) is 5.03. The summed E-state index contributed by atoms with van der Waals surface area (Å²) in [6, 6.07) is 6.52. The molecule has 0 aliphatic rings. The molecule has 1 unspecified atom stereocenters. The summed E-state index contributed by atoms with van der Waals surface area (Å²) >= 11 is 0. The molecule has 1 aromatic rings.